The summed E-state index contributed by atoms with van der Waals surface area (Å²) in [6.45, 7) is 4.25. The Morgan fingerprint density at radius 3 is 2.50 bits per heavy atom. The first-order chi connectivity index (χ1) is 8.67. The van der Waals surface area contributed by atoms with Crippen LogP contribution in [0.15, 0.2) is 36.4 Å². The highest BCUT2D eigenvalue weighted by Gasteiger charge is 2.10. The number of aliphatic hydroxyl groups excluding tert-OH is 1. The number of benzene rings is 2. The van der Waals surface area contributed by atoms with Gasteiger partial charge in [-0.3, -0.25) is 0 Å². The lowest BCUT2D eigenvalue weighted by Crippen LogP contribution is -1.94. The minimum absolute atomic E-state index is 0.0435. The van der Waals surface area contributed by atoms with E-state index in [1.54, 1.807) is 7.11 Å². The molecule has 0 aromatic heterocycles. The lowest BCUT2D eigenvalue weighted by atomic mass is 9.95. The molecule has 1 N–H and O–H groups in total. The number of hydrogen-bond acceptors (Lipinski definition) is 2. The van der Waals surface area contributed by atoms with Gasteiger partial charge in [-0.2, -0.15) is 0 Å². The van der Waals surface area contributed by atoms with E-state index in [4.69, 9.17) is 4.74 Å². The summed E-state index contributed by atoms with van der Waals surface area (Å²) < 4.78 is 5.41. The Kier molecular flexibility index (Phi) is 3.68. The quantitative estimate of drug-likeness (QED) is 0.893. The molecule has 2 aromatic rings. The summed E-state index contributed by atoms with van der Waals surface area (Å²) in [6, 6.07) is 12.0. The molecule has 0 heterocycles. The normalized spacial score (nSPS) is 10.4. The van der Waals surface area contributed by atoms with Crippen LogP contribution in [0.25, 0.3) is 11.1 Å². The third-order valence-corrected chi connectivity index (χ3v) is 3.34. The fourth-order valence-corrected chi connectivity index (χ4v) is 2.11. The molecule has 0 amide bonds. The molecule has 2 rings (SSSR count). The van der Waals surface area contributed by atoms with Crippen molar-refractivity contribution in [3.8, 4) is 16.9 Å². The van der Waals surface area contributed by atoms with E-state index in [0.29, 0.717) is 0 Å². The number of ether oxygens (including phenoxy) is 1. The number of aryl methyl sites for hydroxylation is 1. The van der Waals surface area contributed by atoms with E-state index in [1.807, 2.05) is 24.3 Å². The second-order valence-corrected chi connectivity index (χ2v) is 4.44. The molecule has 2 heteroatoms. The molecule has 0 saturated heterocycles. The van der Waals surface area contributed by atoms with Crippen molar-refractivity contribution in [3.05, 3.63) is 53.1 Å². The van der Waals surface area contributed by atoms with E-state index in [1.165, 1.54) is 11.1 Å². The largest absolute Gasteiger partial charge is 0.496 e. The first kappa shape index (κ1) is 12.7. The van der Waals surface area contributed by atoms with Gasteiger partial charge in [0.15, 0.2) is 0 Å². The Labute approximate surface area is 108 Å². The number of methoxy groups -OCH3 is 1. The third kappa shape index (κ3) is 2.24. The highest BCUT2D eigenvalue weighted by Crippen LogP contribution is 2.34. The van der Waals surface area contributed by atoms with Gasteiger partial charge in [-0.15, -0.1) is 0 Å². The number of hydrogen-bond donors (Lipinski definition) is 1. The summed E-state index contributed by atoms with van der Waals surface area (Å²) in [5, 5.41) is 9.26. The van der Waals surface area contributed by atoms with Gasteiger partial charge in [0.05, 0.1) is 13.7 Å². The molecule has 18 heavy (non-hydrogen) atoms. The predicted molar refractivity (Wildman–Crippen MR) is 73.8 cm³/mol. The minimum atomic E-state index is 0.0435. The maximum absolute atomic E-state index is 9.26. The van der Waals surface area contributed by atoms with Crippen LogP contribution in [0.2, 0.25) is 0 Å². The van der Waals surface area contributed by atoms with Crippen molar-refractivity contribution in [1.82, 2.24) is 0 Å². The van der Waals surface area contributed by atoms with Crippen molar-refractivity contribution < 1.29 is 9.84 Å². The van der Waals surface area contributed by atoms with E-state index in [-0.39, 0.29) is 6.61 Å². The molecule has 0 aliphatic heterocycles. The van der Waals surface area contributed by atoms with E-state index in [2.05, 4.69) is 26.0 Å². The van der Waals surface area contributed by atoms with Gasteiger partial charge < -0.3 is 9.84 Å². The molecule has 0 unspecified atom stereocenters. The highest BCUT2D eigenvalue weighted by atomic mass is 16.5. The van der Waals surface area contributed by atoms with E-state index < -0.39 is 0 Å². The Hall–Kier alpha value is -1.80. The van der Waals surface area contributed by atoms with Crippen molar-refractivity contribution in [1.29, 1.82) is 0 Å². The first-order valence-corrected chi connectivity index (χ1v) is 6.01. The lowest BCUT2D eigenvalue weighted by Gasteiger charge is -2.13. The second kappa shape index (κ2) is 5.23. The van der Waals surface area contributed by atoms with E-state index in [9.17, 15) is 5.11 Å². The summed E-state index contributed by atoms with van der Waals surface area (Å²) >= 11 is 0. The van der Waals surface area contributed by atoms with Gasteiger partial charge in [-0.05, 0) is 48.2 Å². The molecule has 0 spiro atoms. The van der Waals surface area contributed by atoms with Crippen LogP contribution in [-0.2, 0) is 6.61 Å². The summed E-state index contributed by atoms with van der Waals surface area (Å²) in [4.78, 5) is 0. The summed E-state index contributed by atoms with van der Waals surface area (Å²) in [6.07, 6.45) is 0. The van der Waals surface area contributed by atoms with Crippen LogP contribution >= 0.6 is 0 Å². The monoisotopic (exact) mass is 242 g/mol. The molecule has 0 atom stereocenters. The third-order valence-electron chi connectivity index (χ3n) is 3.34. The van der Waals surface area contributed by atoms with Gasteiger partial charge in [-0.25, -0.2) is 0 Å². The molecule has 2 nitrogen and oxygen atoms in total. The predicted octanol–water partition coefficient (Wildman–Crippen LogP) is 3.47. The number of aliphatic hydroxyl groups is 1. The van der Waals surface area contributed by atoms with Gasteiger partial charge in [0.25, 0.3) is 0 Å². The molecule has 0 aliphatic carbocycles. The van der Waals surface area contributed by atoms with Crippen LogP contribution in [0, 0.1) is 13.8 Å². The van der Waals surface area contributed by atoms with Crippen LogP contribution in [0.3, 0.4) is 0 Å². The van der Waals surface area contributed by atoms with Crippen LogP contribution in [0.1, 0.15) is 16.7 Å². The SMILES string of the molecule is COc1ccc(CO)cc1-c1cccc(C)c1C. The van der Waals surface area contributed by atoms with Crippen LogP contribution < -0.4 is 4.74 Å². The van der Waals surface area contributed by atoms with Gasteiger partial charge in [0, 0.05) is 5.56 Å². The summed E-state index contributed by atoms with van der Waals surface area (Å²) in [5.41, 5.74) is 5.58. The topological polar surface area (TPSA) is 29.5 Å². The van der Waals surface area contributed by atoms with Crippen LogP contribution in [0.5, 0.6) is 5.75 Å². The molecule has 0 radical (unpaired) electrons. The second-order valence-electron chi connectivity index (χ2n) is 4.44. The fourth-order valence-electron chi connectivity index (χ4n) is 2.11. The van der Waals surface area contributed by atoms with Crippen molar-refractivity contribution in [2.75, 3.05) is 7.11 Å². The molecule has 94 valence electrons. The average molecular weight is 242 g/mol. The van der Waals surface area contributed by atoms with E-state index >= 15 is 0 Å². The van der Waals surface area contributed by atoms with Crippen LogP contribution in [-0.4, -0.2) is 12.2 Å². The Bertz CT molecular complexity index is 559. The van der Waals surface area contributed by atoms with Gasteiger partial charge >= 0.3 is 0 Å². The minimum Gasteiger partial charge on any atom is -0.496 e. The average Bonchev–Trinajstić information content (AvgIpc) is 2.41. The zero-order chi connectivity index (χ0) is 13.1. The fraction of sp³-hybridized carbons (Fsp3) is 0.250. The molecule has 2 aromatic carbocycles. The van der Waals surface area contributed by atoms with Gasteiger partial charge in [0.2, 0.25) is 0 Å². The number of rotatable bonds is 3. The maximum atomic E-state index is 9.26. The maximum Gasteiger partial charge on any atom is 0.126 e. The van der Waals surface area contributed by atoms with Crippen molar-refractivity contribution in [2.24, 2.45) is 0 Å². The van der Waals surface area contributed by atoms with Crippen molar-refractivity contribution >= 4 is 0 Å². The molecular formula is C16H18O2. The van der Waals surface area contributed by atoms with Gasteiger partial charge in [-0.1, -0.05) is 24.3 Å². The first-order valence-electron chi connectivity index (χ1n) is 6.01. The highest BCUT2D eigenvalue weighted by molar-refractivity contribution is 5.74. The zero-order valence-electron chi connectivity index (χ0n) is 11.0. The molecule has 0 fully saturated rings. The Balaban J connectivity index is 2.64. The molecular weight excluding hydrogens is 224 g/mol. The standard InChI is InChI=1S/C16H18O2/c1-11-5-4-6-14(12(11)2)15-9-13(10-17)7-8-16(15)18-3/h4-9,17H,10H2,1-3H3. The Morgan fingerprint density at radius 2 is 1.83 bits per heavy atom. The van der Waals surface area contributed by atoms with Crippen molar-refractivity contribution in [2.45, 2.75) is 20.5 Å². The van der Waals surface area contributed by atoms with Crippen molar-refractivity contribution in [3.63, 3.8) is 0 Å². The molecule has 0 bridgehead atoms. The Morgan fingerprint density at radius 1 is 1.06 bits per heavy atom. The lowest BCUT2D eigenvalue weighted by molar-refractivity contribution is 0.281. The van der Waals surface area contributed by atoms with E-state index in [0.717, 1.165) is 22.4 Å². The summed E-state index contributed by atoms with van der Waals surface area (Å²) in [5.74, 6) is 0.834. The summed E-state index contributed by atoms with van der Waals surface area (Å²) in [7, 11) is 1.67. The zero-order valence-corrected chi connectivity index (χ0v) is 11.0. The smallest absolute Gasteiger partial charge is 0.126 e. The van der Waals surface area contributed by atoms with Gasteiger partial charge in [0.1, 0.15) is 5.75 Å². The molecule has 0 saturated carbocycles. The van der Waals surface area contributed by atoms with Crippen LogP contribution in [0.4, 0.5) is 0 Å². The molecule has 0 aliphatic rings.